The zero-order chi connectivity index (χ0) is 11.4. The number of ether oxygens (including phenoxy) is 1. The highest BCUT2D eigenvalue weighted by Gasteiger charge is 2.17. The van der Waals surface area contributed by atoms with Crippen LogP contribution < -0.4 is 9.75 Å². The predicted molar refractivity (Wildman–Crippen MR) is 76.0 cm³/mol. The lowest BCUT2D eigenvalue weighted by atomic mass is 10.3. The first-order chi connectivity index (χ1) is 7.85. The molecule has 1 aromatic carbocycles. The first-order valence-electron chi connectivity index (χ1n) is 4.83. The summed E-state index contributed by atoms with van der Waals surface area (Å²) in [5.74, 6) is 0.875. The molecule has 1 heterocycles. The average molecular weight is 272 g/mol. The van der Waals surface area contributed by atoms with Crippen LogP contribution >= 0.6 is 18.1 Å². The Morgan fingerprint density at radius 1 is 1.38 bits per heavy atom. The summed E-state index contributed by atoms with van der Waals surface area (Å²) in [7, 11) is 1.67. The summed E-state index contributed by atoms with van der Waals surface area (Å²) in [5.41, 5.74) is 1.13. The van der Waals surface area contributed by atoms with E-state index in [1.807, 2.05) is 24.3 Å². The molecule has 3 nitrogen and oxygen atoms in total. The molecule has 0 N–H and O–H groups in total. The van der Waals surface area contributed by atoms with Crippen molar-refractivity contribution in [3.8, 4) is 5.75 Å². The summed E-state index contributed by atoms with van der Waals surface area (Å²) in [5, 5.41) is 2.11. The molecular weight excluding hydrogens is 259 g/mol. The van der Waals surface area contributed by atoms with E-state index in [1.54, 1.807) is 18.7 Å². The van der Waals surface area contributed by atoms with Crippen LogP contribution in [0.3, 0.4) is 0 Å². The van der Waals surface area contributed by atoms with Crippen molar-refractivity contribution < 1.29 is 4.74 Å². The van der Waals surface area contributed by atoms with Gasteiger partial charge in [0.15, 0.2) is 0 Å². The average Bonchev–Trinajstić information content (AvgIpc) is 2.78. The van der Waals surface area contributed by atoms with E-state index in [1.165, 1.54) is 0 Å². The van der Waals surface area contributed by atoms with Gasteiger partial charge in [0.25, 0.3) is 0 Å². The van der Waals surface area contributed by atoms with Crippen molar-refractivity contribution in [3.05, 3.63) is 36.5 Å². The van der Waals surface area contributed by atoms with E-state index in [0.29, 0.717) is 0 Å². The van der Waals surface area contributed by atoms with E-state index < -0.39 is 0 Å². The molecular formula is C10H13N2OPS2. The fourth-order valence-electron chi connectivity index (χ4n) is 1.49. The summed E-state index contributed by atoms with van der Waals surface area (Å²) < 4.78 is 7.31. The molecule has 0 saturated carbocycles. The van der Waals surface area contributed by atoms with Gasteiger partial charge in [0, 0.05) is 12.8 Å². The molecule has 0 amide bonds. The third-order valence-electron chi connectivity index (χ3n) is 2.25. The van der Waals surface area contributed by atoms with Crippen LogP contribution in [0.15, 0.2) is 36.5 Å². The number of nitrogens with zero attached hydrogens (tertiary/aromatic N) is 2. The fraction of sp³-hybridized carbons (Fsp3) is 0.200. The van der Waals surface area contributed by atoms with E-state index in [9.17, 15) is 0 Å². The van der Waals surface area contributed by atoms with Gasteiger partial charge in [-0.1, -0.05) is 11.8 Å². The summed E-state index contributed by atoms with van der Waals surface area (Å²) >= 11 is 6.78. The van der Waals surface area contributed by atoms with Crippen molar-refractivity contribution in [3.63, 3.8) is 0 Å². The summed E-state index contributed by atoms with van der Waals surface area (Å²) in [6.45, 7) is 0.915. The molecule has 0 aliphatic carbocycles. The lowest BCUT2D eigenvalue weighted by molar-refractivity contribution is 0.414. The van der Waals surface area contributed by atoms with Crippen LogP contribution in [0.1, 0.15) is 0 Å². The Bertz CT molecular complexity index is 396. The van der Waals surface area contributed by atoms with Gasteiger partial charge in [0.1, 0.15) is 5.75 Å². The van der Waals surface area contributed by atoms with E-state index in [-0.39, 0.29) is 6.56 Å². The number of hydrazine groups is 1. The standard InChI is InChI=1S/C10H13N2OPS2/c1-13-10-5-3-9(4-6-10)11-7-2-8-12(11)16-14-15/h2-7H,8,14H2,1H3. The second-order valence-electron chi connectivity index (χ2n) is 3.16. The molecule has 1 aromatic rings. The van der Waals surface area contributed by atoms with Gasteiger partial charge < -0.3 is 4.74 Å². The Balaban J connectivity index is 2.15. The highest BCUT2D eigenvalue weighted by atomic mass is 32.9. The molecule has 1 atom stereocenters. The Kier molecular flexibility index (Phi) is 4.29. The minimum absolute atomic E-state index is 0.00244. The maximum atomic E-state index is 5.14. The van der Waals surface area contributed by atoms with Crippen molar-refractivity contribution in [2.24, 2.45) is 0 Å². The van der Waals surface area contributed by atoms with Crippen LogP contribution in [0.25, 0.3) is 0 Å². The van der Waals surface area contributed by atoms with Crippen molar-refractivity contribution in [2.75, 3.05) is 18.7 Å². The molecule has 86 valence electrons. The number of anilines is 1. The van der Waals surface area contributed by atoms with Gasteiger partial charge in [-0.3, -0.25) is 5.01 Å². The predicted octanol–water partition coefficient (Wildman–Crippen LogP) is 2.68. The van der Waals surface area contributed by atoms with Gasteiger partial charge in [-0.25, -0.2) is 0 Å². The van der Waals surface area contributed by atoms with Crippen LogP contribution in [-0.2, 0) is 11.8 Å². The van der Waals surface area contributed by atoms with Gasteiger partial charge in [0.2, 0.25) is 0 Å². The minimum Gasteiger partial charge on any atom is -0.497 e. The molecule has 0 radical (unpaired) electrons. The van der Waals surface area contributed by atoms with E-state index >= 15 is 0 Å². The fourth-order valence-corrected chi connectivity index (χ4v) is 3.77. The number of hydrogen-bond acceptors (Lipinski definition) is 5. The van der Waals surface area contributed by atoms with E-state index in [2.05, 4.69) is 21.7 Å². The van der Waals surface area contributed by atoms with Gasteiger partial charge in [0.05, 0.1) is 19.3 Å². The lowest BCUT2D eigenvalue weighted by Crippen LogP contribution is -2.27. The molecule has 1 aliphatic heterocycles. The Labute approximate surface area is 106 Å². The maximum absolute atomic E-state index is 5.14. The summed E-state index contributed by atoms with van der Waals surface area (Å²) in [6.07, 6.45) is 4.20. The summed E-state index contributed by atoms with van der Waals surface area (Å²) in [4.78, 5) is 0. The zero-order valence-electron chi connectivity index (χ0n) is 8.87. The van der Waals surface area contributed by atoms with Gasteiger partial charge in [-0.15, -0.1) is 0 Å². The largest absolute Gasteiger partial charge is 0.497 e. The van der Waals surface area contributed by atoms with Crippen molar-refractivity contribution in [2.45, 2.75) is 0 Å². The number of rotatable bonds is 4. The van der Waals surface area contributed by atoms with E-state index in [4.69, 9.17) is 16.5 Å². The molecule has 0 saturated heterocycles. The van der Waals surface area contributed by atoms with Gasteiger partial charge >= 0.3 is 0 Å². The maximum Gasteiger partial charge on any atom is 0.119 e. The minimum atomic E-state index is -0.00244. The topological polar surface area (TPSA) is 15.7 Å². The zero-order valence-corrected chi connectivity index (χ0v) is 11.7. The van der Waals surface area contributed by atoms with Crippen molar-refractivity contribution in [1.82, 2.24) is 4.41 Å². The lowest BCUT2D eigenvalue weighted by Gasteiger charge is -2.26. The molecule has 1 aliphatic rings. The number of hydrogen-bond donors (Lipinski definition) is 0. The highest BCUT2D eigenvalue weighted by molar-refractivity contribution is 8.56. The molecule has 2 rings (SSSR count). The normalized spacial score (nSPS) is 16.4. The molecule has 6 heteroatoms. The van der Waals surface area contributed by atoms with Crippen molar-refractivity contribution >= 4 is 35.6 Å². The SMILES string of the molecule is COc1ccc(N2C=CCN2S[PH2]=S)cc1. The first-order valence-corrected chi connectivity index (χ1v) is 8.96. The molecule has 0 aromatic heterocycles. The van der Waals surface area contributed by atoms with Gasteiger partial charge in [-0.05, 0) is 41.9 Å². The van der Waals surface area contributed by atoms with Crippen LogP contribution in [0.4, 0.5) is 5.69 Å². The van der Waals surface area contributed by atoms with E-state index in [0.717, 1.165) is 18.0 Å². The molecule has 1 unspecified atom stereocenters. The van der Waals surface area contributed by atoms with Crippen LogP contribution in [0, 0.1) is 0 Å². The smallest absolute Gasteiger partial charge is 0.119 e. The monoisotopic (exact) mass is 272 g/mol. The Morgan fingerprint density at radius 2 is 2.12 bits per heavy atom. The highest BCUT2D eigenvalue weighted by Crippen LogP contribution is 2.32. The number of methoxy groups -OCH3 is 1. The number of benzene rings is 1. The molecule has 0 bridgehead atoms. The second kappa shape index (κ2) is 5.73. The second-order valence-corrected chi connectivity index (χ2v) is 6.93. The Morgan fingerprint density at radius 3 is 2.75 bits per heavy atom. The Hall–Kier alpha value is -0.480. The summed E-state index contributed by atoms with van der Waals surface area (Å²) in [6, 6.07) is 8.01. The first kappa shape index (κ1) is 12.0. The van der Waals surface area contributed by atoms with Crippen LogP contribution in [0.5, 0.6) is 5.75 Å². The molecule has 0 spiro atoms. The van der Waals surface area contributed by atoms with Crippen molar-refractivity contribution in [1.29, 1.82) is 0 Å². The quantitative estimate of drug-likeness (QED) is 0.616. The molecule has 16 heavy (non-hydrogen) atoms. The van der Waals surface area contributed by atoms with Crippen LogP contribution in [0.2, 0.25) is 0 Å². The third-order valence-corrected chi connectivity index (χ3v) is 4.67. The third kappa shape index (κ3) is 2.61. The van der Waals surface area contributed by atoms with Crippen LogP contribution in [-0.4, -0.2) is 18.1 Å². The van der Waals surface area contributed by atoms with Gasteiger partial charge in [-0.2, -0.15) is 4.41 Å². The molecule has 0 fully saturated rings.